The van der Waals surface area contributed by atoms with Crippen LogP contribution < -0.4 is 0 Å². The van der Waals surface area contributed by atoms with Crippen molar-refractivity contribution in [3.63, 3.8) is 0 Å². The van der Waals surface area contributed by atoms with E-state index in [0.29, 0.717) is 12.0 Å². The minimum atomic E-state index is -0.423. The molecule has 3 fully saturated rings. The van der Waals surface area contributed by atoms with Gasteiger partial charge in [-0.15, -0.1) is 0 Å². The van der Waals surface area contributed by atoms with Gasteiger partial charge in [0.05, 0.1) is 0 Å². The summed E-state index contributed by atoms with van der Waals surface area (Å²) in [5.41, 5.74) is 3.35. The highest BCUT2D eigenvalue weighted by atomic mass is 16.6. The molecule has 128 valence electrons. The summed E-state index contributed by atoms with van der Waals surface area (Å²) < 4.78 is 11.3. The number of fused-ring (bicyclic) bond motifs is 3. The third-order valence-electron chi connectivity index (χ3n) is 5.41. The van der Waals surface area contributed by atoms with Crippen molar-refractivity contribution in [1.29, 1.82) is 0 Å². The van der Waals surface area contributed by atoms with Crippen molar-refractivity contribution >= 4 is 11.9 Å². The molecule has 0 N–H and O–H groups in total. The molecule has 2 saturated carbocycles. The summed E-state index contributed by atoms with van der Waals surface area (Å²) in [6.07, 6.45) is 3.09. The lowest BCUT2D eigenvalue weighted by molar-refractivity contribution is -0.143. The molecule has 0 radical (unpaired) electrons. The van der Waals surface area contributed by atoms with Crippen LogP contribution in [0.4, 0.5) is 0 Å². The van der Waals surface area contributed by atoms with Gasteiger partial charge in [0.25, 0.3) is 0 Å². The molecule has 0 aromatic rings. The van der Waals surface area contributed by atoms with Crippen molar-refractivity contribution in [2.75, 3.05) is 0 Å². The number of ether oxygens (including phenoxy) is 2. The van der Waals surface area contributed by atoms with Gasteiger partial charge in [0.2, 0.25) is 0 Å². The molecule has 1 aliphatic heterocycles. The standard InChI is InChI=1S/C20H24O4/c1-10(2)8-17(21)23-16-9-15-13(5)20(22)24-19(15)18-11(3)6-7-14(18)12(16)4/h8,14-16,18-19H,3-7,9H2,1-2H3/t14-,15+,16+,18-,19-/m0/s1. The largest absolute Gasteiger partial charge is 0.458 e. The second kappa shape index (κ2) is 6.08. The summed E-state index contributed by atoms with van der Waals surface area (Å²) >= 11 is 0. The van der Waals surface area contributed by atoms with Crippen LogP contribution in [0.5, 0.6) is 0 Å². The van der Waals surface area contributed by atoms with Crippen LogP contribution in [0, 0.1) is 17.8 Å². The fraction of sp³-hybridized carbons (Fsp3) is 0.500. The summed E-state index contributed by atoms with van der Waals surface area (Å²) in [6.45, 7) is 16.0. The summed E-state index contributed by atoms with van der Waals surface area (Å²) in [5, 5.41) is 0. The molecule has 2 aliphatic carbocycles. The molecule has 0 bridgehead atoms. The van der Waals surface area contributed by atoms with Gasteiger partial charge in [-0.25, -0.2) is 9.59 Å². The Kier molecular flexibility index (Phi) is 4.24. The number of esters is 2. The van der Waals surface area contributed by atoms with Gasteiger partial charge in [-0.1, -0.05) is 30.9 Å². The molecule has 0 aromatic heterocycles. The molecule has 4 heteroatoms. The van der Waals surface area contributed by atoms with Crippen LogP contribution in [-0.4, -0.2) is 24.1 Å². The maximum absolute atomic E-state index is 12.1. The number of hydrogen-bond acceptors (Lipinski definition) is 4. The van der Waals surface area contributed by atoms with Crippen molar-refractivity contribution < 1.29 is 19.1 Å². The van der Waals surface area contributed by atoms with Gasteiger partial charge < -0.3 is 9.47 Å². The Morgan fingerprint density at radius 3 is 2.62 bits per heavy atom. The molecule has 24 heavy (non-hydrogen) atoms. The zero-order valence-electron chi connectivity index (χ0n) is 14.3. The van der Waals surface area contributed by atoms with Crippen LogP contribution in [0.1, 0.15) is 33.1 Å². The monoisotopic (exact) mass is 328 g/mol. The highest BCUT2D eigenvalue weighted by molar-refractivity contribution is 5.91. The maximum atomic E-state index is 12.1. The molecule has 3 aliphatic rings. The quantitative estimate of drug-likeness (QED) is 0.442. The third kappa shape index (κ3) is 2.74. The van der Waals surface area contributed by atoms with E-state index in [4.69, 9.17) is 9.47 Å². The Hall–Kier alpha value is -2.10. The Morgan fingerprint density at radius 2 is 1.96 bits per heavy atom. The van der Waals surface area contributed by atoms with E-state index in [9.17, 15) is 9.59 Å². The molecule has 1 heterocycles. The molecule has 4 nitrogen and oxygen atoms in total. The summed E-state index contributed by atoms with van der Waals surface area (Å²) in [4.78, 5) is 24.1. The smallest absolute Gasteiger partial charge is 0.334 e. The average Bonchev–Trinajstić information content (AvgIpc) is 2.96. The van der Waals surface area contributed by atoms with E-state index < -0.39 is 6.10 Å². The van der Waals surface area contributed by atoms with E-state index >= 15 is 0 Å². The fourth-order valence-corrected chi connectivity index (χ4v) is 4.23. The Bertz CT molecular complexity index is 665. The van der Waals surface area contributed by atoms with Crippen LogP contribution in [0.15, 0.2) is 48.1 Å². The number of carbonyl (C=O) groups excluding carboxylic acids is 2. The molecule has 0 amide bonds. The lowest BCUT2D eigenvalue weighted by Crippen LogP contribution is -2.28. The van der Waals surface area contributed by atoms with E-state index in [2.05, 4.69) is 19.7 Å². The molecule has 0 aromatic carbocycles. The van der Waals surface area contributed by atoms with E-state index in [-0.39, 0.29) is 35.8 Å². The van der Waals surface area contributed by atoms with E-state index in [1.54, 1.807) is 0 Å². The van der Waals surface area contributed by atoms with Gasteiger partial charge >= 0.3 is 11.9 Å². The molecule has 3 rings (SSSR count). The molecular weight excluding hydrogens is 304 g/mol. The number of allylic oxidation sites excluding steroid dienone is 1. The Labute approximate surface area is 142 Å². The predicted octanol–water partition coefficient (Wildman–Crippen LogP) is 3.50. The van der Waals surface area contributed by atoms with E-state index in [0.717, 1.165) is 29.6 Å². The molecule has 5 atom stereocenters. The zero-order chi connectivity index (χ0) is 17.6. The van der Waals surface area contributed by atoms with Gasteiger partial charge in [0.15, 0.2) is 0 Å². The predicted molar refractivity (Wildman–Crippen MR) is 90.9 cm³/mol. The minimum Gasteiger partial charge on any atom is -0.458 e. The maximum Gasteiger partial charge on any atom is 0.334 e. The molecule has 0 spiro atoms. The SMILES string of the molecule is C=C1CC[C@H]2C(=C)[C@H](OC(=O)C=C(C)C)C[C@@H]3C(=C)C(=O)O[C@@H]3[C@@H]12. The first-order chi connectivity index (χ1) is 11.3. The molecule has 1 saturated heterocycles. The first kappa shape index (κ1) is 16.7. The third-order valence-corrected chi connectivity index (χ3v) is 5.41. The van der Waals surface area contributed by atoms with Gasteiger partial charge in [0, 0.05) is 23.5 Å². The highest BCUT2D eigenvalue weighted by Gasteiger charge is 2.53. The average molecular weight is 328 g/mol. The van der Waals surface area contributed by atoms with Crippen LogP contribution in [0.3, 0.4) is 0 Å². The van der Waals surface area contributed by atoms with Crippen LogP contribution in [0.25, 0.3) is 0 Å². The minimum absolute atomic E-state index is 0.0536. The molecule has 0 unspecified atom stereocenters. The highest BCUT2D eigenvalue weighted by Crippen LogP contribution is 2.52. The Morgan fingerprint density at radius 1 is 1.25 bits per heavy atom. The topological polar surface area (TPSA) is 52.6 Å². The first-order valence-electron chi connectivity index (χ1n) is 8.41. The fourth-order valence-electron chi connectivity index (χ4n) is 4.23. The van der Waals surface area contributed by atoms with E-state index in [1.165, 1.54) is 6.08 Å². The van der Waals surface area contributed by atoms with Gasteiger partial charge in [-0.2, -0.15) is 0 Å². The van der Waals surface area contributed by atoms with Crippen molar-refractivity contribution in [2.24, 2.45) is 17.8 Å². The van der Waals surface area contributed by atoms with Crippen LogP contribution >= 0.6 is 0 Å². The van der Waals surface area contributed by atoms with Gasteiger partial charge in [-0.3, -0.25) is 0 Å². The van der Waals surface area contributed by atoms with E-state index in [1.807, 2.05) is 13.8 Å². The van der Waals surface area contributed by atoms with Crippen molar-refractivity contribution in [2.45, 2.75) is 45.3 Å². The second-order valence-electron chi connectivity index (χ2n) is 7.29. The summed E-state index contributed by atoms with van der Waals surface area (Å²) in [5.74, 6) is -0.675. The lowest BCUT2D eigenvalue weighted by Gasteiger charge is -2.26. The lowest BCUT2D eigenvalue weighted by atomic mass is 9.82. The van der Waals surface area contributed by atoms with Gasteiger partial charge in [-0.05, 0) is 44.6 Å². The number of hydrogen-bond donors (Lipinski definition) is 0. The second-order valence-corrected chi connectivity index (χ2v) is 7.29. The van der Waals surface area contributed by atoms with Crippen molar-refractivity contribution in [3.05, 3.63) is 48.1 Å². The zero-order valence-corrected chi connectivity index (χ0v) is 14.3. The first-order valence-corrected chi connectivity index (χ1v) is 8.41. The van der Waals surface area contributed by atoms with Crippen molar-refractivity contribution in [3.8, 4) is 0 Å². The molecular formula is C20H24O4. The summed E-state index contributed by atoms with van der Waals surface area (Å²) in [7, 11) is 0. The van der Waals surface area contributed by atoms with Crippen LogP contribution in [0.2, 0.25) is 0 Å². The van der Waals surface area contributed by atoms with Crippen LogP contribution in [-0.2, 0) is 19.1 Å². The Balaban J connectivity index is 1.92. The normalized spacial score (nSPS) is 35.0. The van der Waals surface area contributed by atoms with Gasteiger partial charge in [0.1, 0.15) is 12.2 Å². The number of carbonyl (C=O) groups is 2. The van der Waals surface area contributed by atoms with Crippen molar-refractivity contribution in [1.82, 2.24) is 0 Å². The summed E-state index contributed by atoms with van der Waals surface area (Å²) in [6, 6.07) is 0. The number of rotatable bonds is 2.